The Balaban J connectivity index is 1.58. The molecule has 0 aromatic carbocycles. The summed E-state index contributed by atoms with van der Waals surface area (Å²) in [6, 6.07) is -0.414. The van der Waals surface area contributed by atoms with Gasteiger partial charge in [-0.1, -0.05) is 0 Å². The first kappa shape index (κ1) is 20.5. The molecule has 1 saturated carbocycles. The number of fused-ring (bicyclic) bond motifs is 2. The van der Waals surface area contributed by atoms with Crippen molar-refractivity contribution in [3.8, 4) is 0 Å². The summed E-state index contributed by atoms with van der Waals surface area (Å²) in [7, 11) is 0. The number of halogens is 3. The van der Waals surface area contributed by atoms with Gasteiger partial charge in [0.1, 0.15) is 11.9 Å². The smallest absolute Gasteiger partial charge is 0.390 e. The highest BCUT2D eigenvalue weighted by Gasteiger charge is 2.49. The Labute approximate surface area is 166 Å². The molecule has 4 rings (SSSR count). The van der Waals surface area contributed by atoms with Gasteiger partial charge in [0.15, 0.2) is 0 Å². The molecule has 7 nitrogen and oxygen atoms in total. The minimum absolute atomic E-state index is 0.00513. The van der Waals surface area contributed by atoms with E-state index >= 15 is 0 Å². The highest BCUT2D eigenvalue weighted by Crippen LogP contribution is 2.47. The van der Waals surface area contributed by atoms with Gasteiger partial charge in [-0.2, -0.15) is 18.2 Å². The van der Waals surface area contributed by atoms with Crippen LogP contribution in [-0.2, 0) is 11.3 Å². The molecule has 0 radical (unpaired) electrons. The van der Waals surface area contributed by atoms with E-state index in [1.807, 2.05) is 0 Å². The number of nitrogens with zero attached hydrogens (tertiary/aromatic N) is 3. The quantitative estimate of drug-likeness (QED) is 0.739. The van der Waals surface area contributed by atoms with E-state index in [1.54, 1.807) is 13.8 Å². The Hall–Kier alpha value is -1.81. The molecule has 1 aliphatic carbocycles. The third-order valence-corrected chi connectivity index (χ3v) is 6.05. The van der Waals surface area contributed by atoms with E-state index in [1.165, 1.54) is 10.6 Å². The molecular formula is C19H27F3N4O3. The fourth-order valence-corrected chi connectivity index (χ4v) is 4.25. The number of hydrogen-bond donors (Lipinski definition) is 2. The molecular weight excluding hydrogens is 389 g/mol. The van der Waals surface area contributed by atoms with Crippen LogP contribution in [0.2, 0.25) is 0 Å². The molecule has 0 bridgehead atoms. The molecule has 2 fully saturated rings. The molecule has 0 spiro atoms. The van der Waals surface area contributed by atoms with E-state index < -0.39 is 17.8 Å². The average molecular weight is 416 g/mol. The normalized spacial score (nSPS) is 28.8. The Bertz CT molecular complexity index is 820. The predicted molar refractivity (Wildman–Crippen MR) is 101 cm³/mol. The first-order valence-electron chi connectivity index (χ1n) is 10.1. The second kappa shape index (κ2) is 7.16. The zero-order valence-corrected chi connectivity index (χ0v) is 16.6. The number of nitrogens with one attached hydrogen (secondary N) is 1. The molecule has 1 aromatic heterocycles. The lowest BCUT2D eigenvalue weighted by Gasteiger charge is -2.40. The van der Waals surface area contributed by atoms with Gasteiger partial charge in [0.25, 0.3) is 5.56 Å². The average Bonchev–Trinajstić information content (AvgIpc) is 3.28. The van der Waals surface area contributed by atoms with Crippen molar-refractivity contribution in [2.24, 2.45) is 11.8 Å². The summed E-state index contributed by atoms with van der Waals surface area (Å²) in [5.74, 6) is 1.40. The minimum Gasteiger partial charge on any atom is -0.390 e. The summed E-state index contributed by atoms with van der Waals surface area (Å²) in [5, 5.41) is 13.1. The number of rotatable bonds is 6. The second-order valence-electron chi connectivity index (χ2n) is 8.95. The molecule has 1 unspecified atom stereocenters. The first-order valence-corrected chi connectivity index (χ1v) is 10.1. The van der Waals surface area contributed by atoms with E-state index in [0.717, 1.165) is 17.9 Å². The van der Waals surface area contributed by atoms with E-state index in [4.69, 9.17) is 4.74 Å². The van der Waals surface area contributed by atoms with Crippen LogP contribution in [0.4, 0.5) is 24.9 Å². The van der Waals surface area contributed by atoms with Gasteiger partial charge in [0.2, 0.25) is 5.95 Å². The number of hydrogen-bond acceptors (Lipinski definition) is 6. The maximum Gasteiger partial charge on any atom is 0.408 e. The van der Waals surface area contributed by atoms with Crippen LogP contribution in [0.3, 0.4) is 0 Å². The molecule has 3 aliphatic rings. The van der Waals surface area contributed by atoms with Crippen LogP contribution in [0.5, 0.6) is 0 Å². The van der Waals surface area contributed by atoms with Crippen LogP contribution in [0.25, 0.3) is 0 Å². The monoisotopic (exact) mass is 416 g/mol. The summed E-state index contributed by atoms with van der Waals surface area (Å²) >= 11 is 0. The van der Waals surface area contributed by atoms with Crippen molar-refractivity contribution in [1.82, 2.24) is 9.55 Å². The number of anilines is 2. The van der Waals surface area contributed by atoms with Gasteiger partial charge in [-0.15, -0.1) is 0 Å². The lowest BCUT2D eigenvalue weighted by Crippen LogP contribution is -2.53. The van der Waals surface area contributed by atoms with Crippen molar-refractivity contribution in [2.45, 2.75) is 63.6 Å². The molecule has 0 amide bonds. The van der Waals surface area contributed by atoms with Crippen LogP contribution in [0, 0.1) is 11.8 Å². The van der Waals surface area contributed by atoms with Crippen molar-refractivity contribution in [2.75, 3.05) is 29.9 Å². The van der Waals surface area contributed by atoms with Crippen molar-refractivity contribution in [3.05, 3.63) is 16.4 Å². The van der Waals surface area contributed by atoms with Crippen LogP contribution < -0.4 is 15.8 Å². The van der Waals surface area contributed by atoms with Crippen molar-refractivity contribution in [1.29, 1.82) is 0 Å². The van der Waals surface area contributed by atoms with Gasteiger partial charge in [-0.3, -0.25) is 9.36 Å². The fraction of sp³-hybridized carbons (Fsp3) is 0.789. The van der Waals surface area contributed by atoms with E-state index in [2.05, 4.69) is 10.3 Å². The van der Waals surface area contributed by atoms with Crippen LogP contribution >= 0.6 is 0 Å². The fourth-order valence-electron chi connectivity index (χ4n) is 4.25. The summed E-state index contributed by atoms with van der Waals surface area (Å²) < 4.78 is 47.9. The summed E-state index contributed by atoms with van der Waals surface area (Å²) in [6.45, 7) is 4.22. The maximum atomic E-state index is 13.7. The third kappa shape index (κ3) is 4.37. The largest absolute Gasteiger partial charge is 0.408 e. The summed E-state index contributed by atoms with van der Waals surface area (Å²) in [6.07, 6.45) is -3.37. The molecule has 162 valence electrons. The Morgan fingerprint density at radius 1 is 1.38 bits per heavy atom. The summed E-state index contributed by atoms with van der Waals surface area (Å²) in [5.41, 5.74) is -1.52. The predicted octanol–water partition coefficient (Wildman–Crippen LogP) is 1.99. The molecule has 1 saturated heterocycles. The number of alkyl halides is 3. The van der Waals surface area contributed by atoms with Crippen molar-refractivity contribution < 1.29 is 23.0 Å². The van der Waals surface area contributed by atoms with E-state index in [-0.39, 0.29) is 49.4 Å². The van der Waals surface area contributed by atoms with Crippen LogP contribution in [0.15, 0.2) is 10.9 Å². The van der Waals surface area contributed by atoms with Crippen molar-refractivity contribution in [3.63, 3.8) is 0 Å². The molecule has 2 aliphatic heterocycles. The highest BCUT2D eigenvalue weighted by molar-refractivity contribution is 5.45. The van der Waals surface area contributed by atoms with Crippen LogP contribution in [0.1, 0.15) is 33.1 Å². The third-order valence-electron chi connectivity index (χ3n) is 6.05. The first-order chi connectivity index (χ1) is 13.5. The highest BCUT2D eigenvalue weighted by atomic mass is 19.4. The van der Waals surface area contributed by atoms with Crippen LogP contribution in [-0.4, -0.2) is 58.3 Å². The molecule has 2 N–H and O–H groups in total. The van der Waals surface area contributed by atoms with Gasteiger partial charge in [0.05, 0.1) is 18.3 Å². The summed E-state index contributed by atoms with van der Waals surface area (Å²) in [4.78, 5) is 18.0. The Kier molecular flexibility index (Phi) is 5.05. The molecule has 29 heavy (non-hydrogen) atoms. The van der Waals surface area contributed by atoms with Gasteiger partial charge in [-0.05, 0) is 44.9 Å². The Morgan fingerprint density at radius 2 is 2.14 bits per heavy atom. The number of ether oxygens (including phenoxy) is 1. The maximum absolute atomic E-state index is 13.7. The SMILES string of the molecule is CC(C)(O)CCN1c2nc(NC[C@H]3OC[C@@H]4CC43)cc(=O)n2CC[C@H]1C(F)(F)F. The van der Waals surface area contributed by atoms with E-state index in [0.29, 0.717) is 18.4 Å². The zero-order valence-electron chi connectivity index (χ0n) is 16.6. The van der Waals surface area contributed by atoms with Gasteiger partial charge >= 0.3 is 6.18 Å². The standard InChI is InChI=1S/C19H27F3N4O3/c1-18(2,28)4-6-25-14(19(20,21)22)3-5-26-16(27)8-15(24-17(25)26)23-9-13-12-7-11(12)10-29-13/h8,11-14,23,28H,3-7,9-10H2,1-2H3/t11-,12?,13+,14-/m0/s1. The molecule has 1 aromatic rings. The van der Waals surface area contributed by atoms with Gasteiger partial charge in [0, 0.05) is 25.7 Å². The molecule has 4 atom stereocenters. The lowest BCUT2D eigenvalue weighted by atomic mass is 10.0. The topological polar surface area (TPSA) is 79.6 Å². The van der Waals surface area contributed by atoms with Gasteiger partial charge < -0.3 is 20.1 Å². The lowest BCUT2D eigenvalue weighted by molar-refractivity contribution is -0.153. The molecule has 10 heteroatoms. The number of aliphatic hydroxyl groups is 1. The minimum atomic E-state index is -4.45. The second-order valence-corrected chi connectivity index (χ2v) is 8.95. The Morgan fingerprint density at radius 3 is 2.72 bits per heavy atom. The van der Waals surface area contributed by atoms with Crippen molar-refractivity contribution >= 4 is 11.8 Å². The number of aromatic nitrogens is 2. The molecule has 3 heterocycles. The van der Waals surface area contributed by atoms with E-state index in [9.17, 15) is 23.1 Å². The zero-order chi connectivity index (χ0) is 21.0. The van der Waals surface area contributed by atoms with Gasteiger partial charge in [-0.25, -0.2) is 0 Å².